The van der Waals surface area contributed by atoms with E-state index in [0.717, 1.165) is 51.7 Å². The molecule has 24 heavy (non-hydrogen) atoms. The summed E-state index contributed by atoms with van der Waals surface area (Å²) < 4.78 is 15.7. The zero-order valence-electron chi connectivity index (χ0n) is 14.5. The van der Waals surface area contributed by atoms with E-state index in [1.165, 1.54) is 19.3 Å². The summed E-state index contributed by atoms with van der Waals surface area (Å²) in [6.45, 7) is 2.12. The Balaban J connectivity index is 0.000000146. The van der Waals surface area contributed by atoms with E-state index < -0.39 is 11.2 Å². The third-order valence-corrected chi connectivity index (χ3v) is 4.45. The zero-order chi connectivity index (χ0) is 17.3. The first kappa shape index (κ1) is 19.7. The summed E-state index contributed by atoms with van der Waals surface area (Å²) in [6, 6.07) is 0. The summed E-state index contributed by atoms with van der Waals surface area (Å²) in [5.41, 5.74) is -1.15. The van der Waals surface area contributed by atoms with Crippen molar-refractivity contribution in [3.63, 3.8) is 0 Å². The minimum Gasteiger partial charge on any atom is -0.502 e. The van der Waals surface area contributed by atoms with E-state index in [1.807, 2.05) is 6.08 Å². The van der Waals surface area contributed by atoms with Gasteiger partial charge in [0.25, 0.3) is 0 Å². The van der Waals surface area contributed by atoms with Crippen LogP contribution in [0.2, 0.25) is 0 Å². The average molecular weight is 344 g/mol. The van der Waals surface area contributed by atoms with Gasteiger partial charge in [-0.15, -0.1) is 0 Å². The first-order valence-electron chi connectivity index (χ1n) is 9.11. The van der Waals surface area contributed by atoms with Crippen molar-refractivity contribution in [2.45, 2.75) is 75.3 Å². The topological polar surface area (TPSA) is 88.4 Å². The molecule has 0 amide bonds. The number of allylic oxidation sites excluding steroid dienone is 1. The highest BCUT2D eigenvalue weighted by molar-refractivity contribution is 4.93. The average Bonchev–Trinajstić information content (AvgIpc) is 3.57. The molecule has 0 radical (unpaired) electrons. The maximum absolute atomic E-state index is 9.48. The largest absolute Gasteiger partial charge is 0.502 e. The predicted molar refractivity (Wildman–Crippen MR) is 89.3 cm³/mol. The fourth-order valence-corrected chi connectivity index (χ4v) is 2.17. The van der Waals surface area contributed by atoms with E-state index in [4.69, 9.17) is 24.4 Å². The second-order valence-corrected chi connectivity index (χ2v) is 7.10. The quantitative estimate of drug-likeness (QED) is 0.721. The smallest absolute Gasteiger partial charge is 0.157 e. The van der Waals surface area contributed by atoms with Gasteiger partial charge >= 0.3 is 0 Å². The van der Waals surface area contributed by atoms with Gasteiger partial charge in [0.1, 0.15) is 0 Å². The van der Waals surface area contributed by atoms with Crippen molar-refractivity contribution in [1.29, 1.82) is 0 Å². The molecule has 0 aromatic rings. The Hall–Kier alpha value is -0.660. The van der Waals surface area contributed by atoms with Gasteiger partial charge < -0.3 is 29.5 Å². The molecule has 0 aromatic heterocycles. The first-order chi connectivity index (χ1) is 11.6. The summed E-state index contributed by atoms with van der Waals surface area (Å²) in [5.74, 6) is 0. The third kappa shape index (κ3) is 8.44. The van der Waals surface area contributed by atoms with Crippen molar-refractivity contribution in [2.24, 2.45) is 0 Å². The van der Waals surface area contributed by atoms with Crippen molar-refractivity contribution < 1.29 is 29.5 Å². The van der Waals surface area contributed by atoms with Crippen LogP contribution in [0.4, 0.5) is 0 Å². The lowest BCUT2D eigenvalue weighted by Gasteiger charge is -2.23. The van der Waals surface area contributed by atoms with E-state index in [-0.39, 0.29) is 12.9 Å². The number of aliphatic hydroxyl groups is 3. The van der Waals surface area contributed by atoms with E-state index >= 15 is 0 Å². The maximum Gasteiger partial charge on any atom is 0.157 e. The summed E-state index contributed by atoms with van der Waals surface area (Å²) in [7, 11) is 0. The predicted octanol–water partition coefficient (Wildman–Crippen LogP) is 1.87. The number of rotatable bonds is 4. The van der Waals surface area contributed by atoms with Crippen LogP contribution < -0.4 is 0 Å². The molecular weight excluding hydrogens is 312 g/mol. The van der Waals surface area contributed by atoms with Crippen LogP contribution in [0.1, 0.15) is 57.8 Å². The molecule has 1 saturated heterocycles. The summed E-state index contributed by atoms with van der Waals surface area (Å²) in [5, 5.41) is 26.4. The van der Waals surface area contributed by atoms with Gasteiger partial charge in [-0.2, -0.15) is 0 Å². The summed E-state index contributed by atoms with van der Waals surface area (Å²) in [4.78, 5) is 0. The zero-order valence-corrected chi connectivity index (χ0v) is 14.5. The Kier molecular flexibility index (Phi) is 7.97. The van der Waals surface area contributed by atoms with Crippen LogP contribution in [0, 0.1) is 0 Å². The molecule has 3 N–H and O–H groups in total. The van der Waals surface area contributed by atoms with Gasteiger partial charge in [0.15, 0.2) is 6.29 Å². The molecule has 0 aromatic carbocycles. The maximum atomic E-state index is 9.48. The van der Waals surface area contributed by atoms with Crippen LogP contribution in [-0.2, 0) is 14.2 Å². The molecule has 4 aliphatic rings. The minimum atomic E-state index is -0.653. The second-order valence-electron chi connectivity index (χ2n) is 7.10. The molecule has 2 aliphatic carbocycles. The number of hydrogen-bond donors (Lipinski definition) is 3. The van der Waals surface area contributed by atoms with Crippen molar-refractivity contribution in [1.82, 2.24) is 0 Å². The summed E-state index contributed by atoms with van der Waals surface area (Å²) in [6.07, 6.45) is 12.8. The van der Waals surface area contributed by atoms with Crippen molar-refractivity contribution in [3.8, 4) is 0 Å². The molecule has 2 heterocycles. The van der Waals surface area contributed by atoms with E-state index in [1.54, 1.807) is 6.26 Å². The van der Waals surface area contributed by atoms with Crippen LogP contribution in [0.25, 0.3) is 0 Å². The molecule has 6 nitrogen and oxygen atoms in total. The lowest BCUT2D eigenvalue weighted by Crippen LogP contribution is -2.27. The summed E-state index contributed by atoms with van der Waals surface area (Å²) >= 11 is 0. The van der Waals surface area contributed by atoms with Crippen LogP contribution in [0.5, 0.6) is 0 Å². The van der Waals surface area contributed by atoms with Crippen LogP contribution in [-0.4, -0.2) is 59.2 Å². The van der Waals surface area contributed by atoms with Gasteiger partial charge in [0.2, 0.25) is 0 Å². The number of ether oxygens (including phenoxy) is 3. The Morgan fingerprint density at radius 1 is 1.00 bits per heavy atom. The molecule has 2 saturated carbocycles. The Morgan fingerprint density at radius 2 is 1.75 bits per heavy atom. The molecule has 3 fully saturated rings. The minimum absolute atomic E-state index is 0.0524. The molecule has 2 aliphatic heterocycles. The Bertz CT molecular complexity index is 362. The lowest BCUT2D eigenvalue weighted by atomic mass is 10.2. The van der Waals surface area contributed by atoms with Gasteiger partial charge in [-0.25, -0.2) is 0 Å². The molecule has 4 rings (SSSR count). The number of aliphatic hydroxyl groups excluding tert-OH is 1. The number of hydrogen-bond acceptors (Lipinski definition) is 6. The van der Waals surface area contributed by atoms with E-state index in [0.29, 0.717) is 6.61 Å². The Labute approximate surface area is 144 Å². The van der Waals surface area contributed by atoms with E-state index in [2.05, 4.69) is 0 Å². The van der Waals surface area contributed by atoms with Gasteiger partial charge in [0, 0.05) is 6.61 Å². The fourth-order valence-electron chi connectivity index (χ4n) is 2.17. The van der Waals surface area contributed by atoms with Crippen molar-refractivity contribution in [2.75, 3.05) is 26.4 Å². The van der Waals surface area contributed by atoms with Gasteiger partial charge in [0.05, 0.1) is 37.3 Å². The monoisotopic (exact) mass is 344 g/mol. The van der Waals surface area contributed by atoms with Crippen LogP contribution >= 0.6 is 0 Å². The van der Waals surface area contributed by atoms with Crippen molar-refractivity contribution >= 4 is 0 Å². The van der Waals surface area contributed by atoms with Gasteiger partial charge in [-0.05, 0) is 63.9 Å². The highest BCUT2D eigenvalue weighted by Gasteiger charge is 2.41. The second kappa shape index (κ2) is 9.73. The van der Waals surface area contributed by atoms with E-state index in [9.17, 15) is 5.11 Å². The van der Waals surface area contributed by atoms with Crippen LogP contribution in [0.15, 0.2) is 12.3 Å². The third-order valence-electron chi connectivity index (χ3n) is 4.45. The van der Waals surface area contributed by atoms with Crippen molar-refractivity contribution in [3.05, 3.63) is 12.3 Å². The SMILES string of the molecule is C1=COCCC1.OC1(COC2CCCCO2)CC1.OCC1(O)CC1. The molecule has 0 spiro atoms. The lowest BCUT2D eigenvalue weighted by molar-refractivity contribution is -0.178. The standard InChI is InChI=1S/C9H16O3.C5H8O.C4H8O2/c10-9(4-5-9)7-12-8-3-1-2-6-11-8;1-2-4-6-5-3-1;5-3-4(6)1-2-4/h8,10H,1-7H2;2,4H,1,3,5H2;5-6H,1-3H2. The molecule has 140 valence electrons. The fraction of sp³-hybridized carbons (Fsp3) is 0.889. The highest BCUT2D eigenvalue weighted by Crippen LogP contribution is 2.35. The first-order valence-corrected chi connectivity index (χ1v) is 9.11. The van der Waals surface area contributed by atoms with Crippen LogP contribution in [0.3, 0.4) is 0 Å². The molecule has 1 atom stereocenters. The molecule has 0 bridgehead atoms. The molecular formula is C18H32O6. The Morgan fingerprint density at radius 3 is 2.08 bits per heavy atom. The molecule has 6 heteroatoms. The van der Waals surface area contributed by atoms with Gasteiger partial charge in [-0.3, -0.25) is 0 Å². The van der Waals surface area contributed by atoms with Gasteiger partial charge in [-0.1, -0.05) is 0 Å². The molecule has 1 unspecified atom stereocenters. The highest BCUT2D eigenvalue weighted by atomic mass is 16.7. The normalized spacial score (nSPS) is 28.4.